The zero-order valence-electron chi connectivity index (χ0n) is 35.1. The summed E-state index contributed by atoms with van der Waals surface area (Å²) in [5, 5.41) is 11.0. The Morgan fingerprint density at radius 1 is 0.500 bits per heavy atom. The maximum Gasteiger partial charge on any atom is 0.154 e. The standard InChI is InChI=1S/C50H56N4O2/c1-47(2,3)31-21-29(22-32(25-31)48(4,5)6)45-41-17-13-37(51-41)35(27-55)39-15-19-43(53-39)46(30-23-33(49(7,8)9)26-34(24-30)50(10,11)12)44-20-16-40(54-44)36(28-56)38-14-18-42(45)52-38/h13-27,51,54,56H,28H2,1-12H3. The lowest BCUT2D eigenvalue weighted by Crippen LogP contribution is -2.16. The SMILES string of the molecule is CC(C)(C)c1cc(-c2c3nc(c(CO)c4ccc([nH]4)c(-c4cc(C(C)(C)C)cc(C(C)(C)C)c4)c4nc(c(C=O)c5ccc2[nH]5)C=C4)C=C3)cc(C(C)(C)C)c1. The van der Waals surface area contributed by atoms with E-state index in [-0.39, 0.29) is 28.3 Å². The molecule has 2 aromatic carbocycles. The fourth-order valence-electron chi connectivity index (χ4n) is 7.46. The number of carbonyl (C=O) groups excluding carboxylic acids is 1. The number of hydrogen-bond acceptors (Lipinski definition) is 4. The first kappa shape index (κ1) is 38.9. The molecule has 2 aliphatic heterocycles. The number of nitrogens with zero attached hydrogens (tertiary/aromatic N) is 2. The molecule has 5 aromatic rings. The lowest BCUT2D eigenvalue weighted by Gasteiger charge is -2.26. The maximum absolute atomic E-state index is 13.0. The fourth-order valence-corrected chi connectivity index (χ4v) is 7.46. The lowest BCUT2D eigenvalue weighted by molar-refractivity contribution is 0.112. The number of H-pyrrole nitrogens is 2. The Morgan fingerprint density at radius 3 is 1.27 bits per heavy atom. The van der Waals surface area contributed by atoms with Gasteiger partial charge in [0, 0.05) is 33.2 Å². The van der Waals surface area contributed by atoms with Crippen LogP contribution in [-0.2, 0) is 28.3 Å². The monoisotopic (exact) mass is 744 g/mol. The summed E-state index contributed by atoms with van der Waals surface area (Å²) in [6.07, 6.45) is 8.85. The number of nitrogens with one attached hydrogen (secondary N) is 2. The normalized spacial score (nSPS) is 13.4. The number of fused-ring (bicyclic) bond motifs is 8. The van der Waals surface area contributed by atoms with Crippen molar-refractivity contribution in [2.75, 3.05) is 0 Å². The van der Waals surface area contributed by atoms with E-state index in [4.69, 9.17) is 9.97 Å². The minimum atomic E-state index is -0.203. The van der Waals surface area contributed by atoms with Crippen molar-refractivity contribution in [3.63, 3.8) is 0 Å². The minimum Gasteiger partial charge on any atom is -0.392 e. The molecule has 8 bridgehead atoms. The summed E-state index contributed by atoms with van der Waals surface area (Å²) in [5.74, 6) is 0. The summed E-state index contributed by atoms with van der Waals surface area (Å²) >= 11 is 0. The van der Waals surface area contributed by atoms with Crippen molar-refractivity contribution >= 4 is 52.7 Å². The zero-order chi connectivity index (χ0) is 40.5. The number of aldehydes is 1. The van der Waals surface area contributed by atoms with Crippen LogP contribution in [0.3, 0.4) is 0 Å². The first-order valence-electron chi connectivity index (χ1n) is 19.7. The van der Waals surface area contributed by atoms with Gasteiger partial charge < -0.3 is 15.1 Å². The van der Waals surface area contributed by atoms with Crippen LogP contribution < -0.4 is 0 Å². The molecule has 56 heavy (non-hydrogen) atoms. The third-order valence-corrected chi connectivity index (χ3v) is 11.1. The van der Waals surface area contributed by atoms with Gasteiger partial charge in [0.2, 0.25) is 0 Å². The summed E-state index contributed by atoms with van der Waals surface area (Å²) < 4.78 is 0. The highest BCUT2D eigenvalue weighted by molar-refractivity contribution is 5.98. The molecule has 0 amide bonds. The predicted octanol–water partition coefficient (Wildman–Crippen LogP) is 12.5. The molecule has 0 fully saturated rings. The van der Waals surface area contributed by atoms with Crippen LogP contribution in [0.1, 0.15) is 144 Å². The van der Waals surface area contributed by atoms with E-state index in [2.05, 4.69) is 136 Å². The third-order valence-electron chi connectivity index (χ3n) is 11.1. The number of rotatable bonds is 4. The van der Waals surface area contributed by atoms with Crippen molar-refractivity contribution in [1.82, 2.24) is 19.9 Å². The van der Waals surface area contributed by atoms with E-state index in [1.807, 2.05) is 42.5 Å². The number of aromatic nitrogens is 4. The number of aliphatic hydroxyl groups excluding tert-OH is 1. The lowest BCUT2D eigenvalue weighted by atomic mass is 9.78. The van der Waals surface area contributed by atoms with Crippen LogP contribution in [0.15, 0.2) is 60.7 Å². The molecule has 3 N–H and O–H groups in total. The highest BCUT2D eigenvalue weighted by Crippen LogP contribution is 2.40. The van der Waals surface area contributed by atoms with Crippen LogP contribution in [0.25, 0.3) is 68.6 Å². The van der Waals surface area contributed by atoms with Gasteiger partial charge in [-0.2, -0.15) is 0 Å². The van der Waals surface area contributed by atoms with Crippen molar-refractivity contribution in [1.29, 1.82) is 0 Å². The van der Waals surface area contributed by atoms with Crippen LogP contribution in [0, 0.1) is 0 Å². The summed E-state index contributed by atoms with van der Waals surface area (Å²) in [5.41, 5.74) is 15.5. The van der Waals surface area contributed by atoms with Crippen molar-refractivity contribution in [3.05, 3.63) is 117 Å². The van der Waals surface area contributed by atoms with E-state index in [1.54, 1.807) is 0 Å². The van der Waals surface area contributed by atoms with Gasteiger partial charge in [0.15, 0.2) is 6.29 Å². The number of benzene rings is 2. The van der Waals surface area contributed by atoms with E-state index in [1.165, 1.54) is 22.3 Å². The van der Waals surface area contributed by atoms with E-state index >= 15 is 0 Å². The largest absolute Gasteiger partial charge is 0.392 e. The predicted molar refractivity (Wildman–Crippen MR) is 236 cm³/mol. The summed E-state index contributed by atoms with van der Waals surface area (Å²) in [7, 11) is 0. The summed E-state index contributed by atoms with van der Waals surface area (Å²) in [6, 6.07) is 21.7. The van der Waals surface area contributed by atoms with Crippen LogP contribution in [0.5, 0.6) is 0 Å². The van der Waals surface area contributed by atoms with E-state index in [0.717, 1.165) is 56.5 Å². The molecule has 3 aromatic heterocycles. The molecular formula is C50H56N4O2. The molecular weight excluding hydrogens is 689 g/mol. The van der Waals surface area contributed by atoms with Crippen LogP contribution in [0.2, 0.25) is 0 Å². The molecule has 0 atom stereocenters. The van der Waals surface area contributed by atoms with Gasteiger partial charge in [0.05, 0.1) is 40.5 Å². The number of carbonyl (C=O) groups is 1. The van der Waals surface area contributed by atoms with Gasteiger partial charge >= 0.3 is 0 Å². The Bertz CT molecular complexity index is 2480. The Kier molecular flexibility index (Phi) is 9.52. The first-order valence-corrected chi connectivity index (χ1v) is 19.7. The molecule has 288 valence electrons. The maximum atomic E-state index is 13.0. The Labute approximate surface area is 331 Å². The van der Waals surface area contributed by atoms with Crippen LogP contribution in [-0.4, -0.2) is 31.3 Å². The van der Waals surface area contributed by atoms with Gasteiger partial charge in [0.1, 0.15) is 0 Å². The van der Waals surface area contributed by atoms with Gasteiger partial charge in [-0.25, -0.2) is 9.97 Å². The highest BCUT2D eigenvalue weighted by atomic mass is 16.3. The molecule has 0 saturated heterocycles. The average molecular weight is 745 g/mol. The highest BCUT2D eigenvalue weighted by Gasteiger charge is 2.25. The minimum absolute atomic E-state index is 0.0958. The van der Waals surface area contributed by atoms with Crippen molar-refractivity contribution in [2.45, 2.75) is 111 Å². The van der Waals surface area contributed by atoms with E-state index in [9.17, 15) is 9.90 Å². The summed E-state index contributed by atoms with van der Waals surface area (Å²) in [4.78, 5) is 30.8. The van der Waals surface area contributed by atoms with Crippen LogP contribution in [0.4, 0.5) is 0 Å². The Balaban J connectivity index is 1.63. The molecule has 0 unspecified atom stereocenters. The number of aromatic amines is 2. The quantitative estimate of drug-likeness (QED) is 0.156. The molecule has 7 rings (SSSR count). The molecule has 0 spiro atoms. The average Bonchev–Trinajstić information content (AvgIpc) is 3.94. The van der Waals surface area contributed by atoms with E-state index < -0.39 is 0 Å². The van der Waals surface area contributed by atoms with Gasteiger partial charge in [-0.05, 0) is 104 Å². The molecule has 5 heterocycles. The molecule has 6 nitrogen and oxygen atoms in total. The van der Waals surface area contributed by atoms with Crippen molar-refractivity contribution in [2.24, 2.45) is 0 Å². The van der Waals surface area contributed by atoms with Crippen LogP contribution >= 0.6 is 0 Å². The zero-order valence-corrected chi connectivity index (χ0v) is 35.1. The molecule has 0 radical (unpaired) electrons. The van der Waals surface area contributed by atoms with Crippen molar-refractivity contribution in [3.8, 4) is 22.3 Å². The summed E-state index contributed by atoms with van der Waals surface area (Å²) in [6.45, 7) is 26.6. The third kappa shape index (κ3) is 7.35. The second-order valence-electron chi connectivity index (χ2n) is 19.5. The van der Waals surface area contributed by atoms with Gasteiger partial charge in [-0.1, -0.05) is 119 Å². The van der Waals surface area contributed by atoms with Gasteiger partial charge in [-0.15, -0.1) is 0 Å². The second-order valence-corrected chi connectivity index (χ2v) is 19.5. The molecule has 2 aliphatic rings. The number of aliphatic hydroxyl groups is 1. The van der Waals surface area contributed by atoms with Gasteiger partial charge in [0.25, 0.3) is 0 Å². The van der Waals surface area contributed by atoms with Crippen molar-refractivity contribution < 1.29 is 9.90 Å². The first-order chi connectivity index (χ1) is 26.1. The van der Waals surface area contributed by atoms with Gasteiger partial charge in [-0.3, -0.25) is 4.79 Å². The second kappa shape index (κ2) is 13.7. The Hall–Kier alpha value is -5.33. The topological polar surface area (TPSA) is 94.7 Å². The number of hydrogen-bond donors (Lipinski definition) is 3. The fraction of sp³-hybridized carbons (Fsp3) is 0.340. The molecule has 0 saturated carbocycles. The smallest absolute Gasteiger partial charge is 0.154 e. The Morgan fingerprint density at radius 2 is 0.857 bits per heavy atom. The van der Waals surface area contributed by atoms with E-state index in [0.29, 0.717) is 28.0 Å². The molecule has 0 aliphatic carbocycles. The molecule has 6 heteroatoms.